The van der Waals surface area contributed by atoms with Crippen molar-refractivity contribution in [2.75, 3.05) is 0 Å². The number of aliphatic hydroxyl groups is 1. The van der Waals surface area contributed by atoms with Crippen LogP contribution in [-0.2, 0) is 0 Å². The van der Waals surface area contributed by atoms with Crippen LogP contribution >= 0.6 is 45.2 Å². The molecule has 0 aromatic carbocycles. The topological polar surface area (TPSA) is 63.1 Å². The molecule has 0 fully saturated rings. The standard InChI is InChI=1S/C7H4F4INO.C7H2F4INO.B/c2*8-6-4(3(12)1-2-13-6)5(14)7(9,10)11;/h1-2,5,14H;1-2H;. The first-order chi connectivity index (χ1) is 12.7. The van der Waals surface area contributed by atoms with Crippen LogP contribution in [0.5, 0.6) is 0 Å². The number of ketones is 1. The summed E-state index contributed by atoms with van der Waals surface area (Å²) >= 11 is 2.94. The Morgan fingerprint density at radius 3 is 1.76 bits per heavy atom. The van der Waals surface area contributed by atoms with Crippen molar-refractivity contribution in [3.63, 3.8) is 0 Å². The number of carbonyl (C=O) groups excluding carboxylic acids is 1. The average Bonchev–Trinajstić information content (AvgIpc) is 2.53. The number of pyridine rings is 2. The third-order valence-electron chi connectivity index (χ3n) is 2.81. The smallest absolute Gasteiger partial charge is 0.379 e. The molecular formula is C14H6BF8I2N2O2. The largest absolute Gasteiger partial charge is 0.455 e. The lowest BCUT2D eigenvalue weighted by molar-refractivity contribution is -0.208. The molecule has 0 aliphatic rings. The lowest BCUT2D eigenvalue weighted by Crippen LogP contribution is -2.25. The number of rotatable bonds is 2. The molecule has 15 heteroatoms. The van der Waals surface area contributed by atoms with Crippen LogP contribution in [0.15, 0.2) is 24.5 Å². The van der Waals surface area contributed by atoms with E-state index in [4.69, 9.17) is 5.11 Å². The van der Waals surface area contributed by atoms with Gasteiger partial charge in [-0.1, -0.05) is 0 Å². The SMILES string of the molecule is O=C(c1c(I)ccnc1F)C(F)(F)F.OC(c1c(I)ccnc1F)C(F)(F)F.[B]. The molecule has 0 amide bonds. The van der Waals surface area contributed by atoms with Gasteiger partial charge in [-0.15, -0.1) is 0 Å². The van der Waals surface area contributed by atoms with Gasteiger partial charge >= 0.3 is 12.4 Å². The molecule has 2 heterocycles. The van der Waals surface area contributed by atoms with Crippen LogP contribution in [0.1, 0.15) is 22.0 Å². The van der Waals surface area contributed by atoms with Crippen molar-refractivity contribution in [2.24, 2.45) is 0 Å². The van der Waals surface area contributed by atoms with Gasteiger partial charge in [-0.25, -0.2) is 9.97 Å². The second-order valence-corrected chi connectivity index (χ2v) is 7.05. The molecule has 0 aliphatic carbocycles. The van der Waals surface area contributed by atoms with E-state index in [0.717, 1.165) is 18.5 Å². The normalized spacial score (nSPS) is 12.4. The van der Waals surface area contributed by atoms with Gasteiger partial charge in [0.25, 0.3) is 5.78 Å². The highest BCUT2D eigenvalue weighted by Crippen LogP contribution is 2.35. The summed E-state index contributed by atoms with van der Waals surface area (Å²) in [5.41, 5.74) is -1.86. The molecule has 2 aromatic rings. The lowest BCUT2D eigenvalue weighted by atomic mass is 10.1. The van der Waals surface area contributed by atoms with Crippen LogP contribution < -0.4 is 0 Å². The highest BCUT2D eigenvalue weighted by Gasteiger charge is 2.43. The van der Waals surface area contributed by atoms with Gasteiger partial charge in [0.2, 0.25) is 11.9 Å². The van der Waals surface area contributed by atoms with E-state index in [0.29, 0.717) is 0 Å². The minimum Gasteiger partial charge on any atom is -0.379 e. The average molecular weight is 651 g/mol. The fraction of sp³-hybridized carbons (Fsp3) is 0.214. The molecule has 1 atom stereocenters. The second-order valence-electron chi connectivity index (χ2n) is 4.73. The first-order valence-electron chi connectivity index (χ1n) is 6.64. The molecule has 0 bridgehead atoms. The number of carbonyl (C=O) groups is 1. The monoisotopic (exact) mass is 651 g/mol. The van der Waals surface area contributed by atoms with Crippen molar-refractivity contribution in [3.05, 3.63) is 54.7 Å². The number of alkyl halides is 6. The highest BCUT2D eigenvalue weighted by atomic mass is 127. The second kappa shape index (κ2) is 10.8. The summed E-state index contributed by atoms with van der Waals surface area (Å²) in [7, 11) is 0. The van der Waals surface area contributed by atoms with E-state index in [1.54, 1.807) is 0 Å². The number of Topliss-reactive ketones (excluding diaryl/α,β-unsaturated/α-hetero) is 1. The van der Waals surface area contributed by atoms with E-state index < -0.39 is 47.3 Å². The fourth-order valence-electron chi connectivity index (χ4n) is 1.59. The number of aliphatic hydroxyl groups excluding tert-OH is 1. The first kappa shape index (κ1) is 27.9. The molecule has 1 unspecified atom stereocenters. The maximum Gasteiger partial charge on any atom is 0.455 e. The third-order valence-corrected chi connectivity index (χ3v) is 4.65. The zero-order valence-corrected chi connectivity index (χ0v) is 17.8. The van der Waals surface area contributed by atoms with Gasteiger partial charge < -0.3 is 5.11 Å². The Kier molecular flexibility index (Phi) is 10.4. The molecule has 0 saturated heterocycles. The predicted molar refractivity (Wildman–Crippen MR) is 101 cm³/mol. The van der Waals surface area contributed by atoms with Gasteiger partial charge in [0.1, 0.15) is 0 Å². The highest BCUT2D eigenvalue weighted by molar-refractivity contribution is 14.1. The van der Waals surface area contributed by atoms with E-state index in [2.05, 4.69) is 9.97 Å². The fourth-order valence-corrected chi connectivity index (χ4v) is 2.90. The van der Waals surface area contributed by atoms with Crippen molar-refractivity contribution < 1.29 is 45.0 Å². The van der Waals surface area contributed by atoms with Gasteiger partial charge in [-0.2, -0.15) is 35.1 Å². The number of aromatic nitrogens is 2. The van der Waals surface area contributed by atoms with Crippen molar-refractivity contribution >= 4 is 59.4 Å². The molecular weight excluding hydrogens is 645 g/mol. The maximum absolute atomic E-state index is 12.9. The number of nitrogens with zero attached hydrogens (tertiary/aromatic N) is 2. The van der Waals surface area contributed by atoms with Gasteiger partial charge in [0, 0.05) is 27.9 Å². The van der Waals surface area contributed by atoms with Gasteiger partial charge in [-0.05, 0) is 57.3 Å². The summed E-state index contributed by atoms with van der Waals surface area (Å²) in [4.78, 5) is 16.7. The molecule has 3 radical (unpaired) electrons. The summed E-state index contributed by atoms with van der Waals surface area (Å²) in [6.07, 6.45) is -10.8. The summed E-state index contributed by atoms with van der Waals surface area (Å²) in [5, 5.41) is 8.81. The van der Waals surface area contributed by atoms with Gasteiger partial charge in [0.05, 0.1) is 11.1 Å². The van der Waals surface area contributed by atoms with E-state index >= 15 is 0 Å². The molecule has 2 rings (SSSR count). The summed E-state index contributed by atoms with van der Waals surface area (Å²) in [5.74, 6) is -4.92. The van der Waals surface area contributed by atoms with Crippen LogP contribution in [0.4, 0.5) is 35.1 Å². The van der Waals surface area contributed by atoms with Crippen LogP contribution in [0, 0.1) is 19.0 Å². The summed E-state index contributed by atoms with van der Waals surface area (Å²) < 4.78 is 97.5. The maximum atomic E-state index is 12.9. The lowest BCUT2D eigenvalue weighted by Gasteiger charge is -2.15. The van der Waals surface area contributed by atoms with Crippen LogP contribution in [0.25, 0.3) is 0 Å². The Labute approximate surface area is 187 Å². The molecule has 0 aliphatic heterocycles. The predicted octanol–water partition coefficient (Wildman–Crippen LogP) is 4.61. The van der Waals surface area contributed by atoms with Crippen molar-refractivity contribution in [1.29, 1.82) is 0 Å². The molecule has 2 aromatic heterocycles. The van der Waals surface area contributed by atoms with Crippen LogP contribution in [0.2, 0.25) is 0 Å². The zero-order valence-electron chi connectivity index (χ0n) is 13.5. The van der Waals surface area contributed by atoms with E-state index in [1.165, 1.54) is 51.2 Å². The molecule has 157 valence electrons. The Morgan fingerprint density at radius 1 is 0.931 bits per heavy atom. The first-order valence-corrected chi connectivity index (χ1v) is 8.79. The molecule has 29 heavy (non-hydrogen) atoms. The van der Waals surface area contributed by atoms with Crippen molar-refractivity contribution in [1.82, 2.24) is 9.97 Å². The Bertz CT molecular complexity index is 824. The molecule has 4 nitrogen and oxygen atoms in total. The molecule has 0 saturated carbocycles. The van der Waals surface area contributed by atoms with Crippen molar-refractivity contribution in [3.8, 4) is 0 Å². The summed E-state index contributed by atoms with van der Waals surface area (Å²) in [6.45, 7) is 0. The number of hydrogen-bond donors (Lipinski definition) is 1. The van der Waals surface area contributed by atoms with Gasteiger partial charge in [0.15, 0.2) is 6.10 Å². The molecule has 0 spiro atoms. The minimum atomic E-state index is -5.08. The summed E-state index contributed by atoms with van der Waals surface area (Å²) in [6, 6.07) is 2.32. The third kappa shape index (κ3) is 7.58. The number of halogens is 10. The Balaban J connectivity index is 0.000000523. The number of hydrogen-bond acceptors (Lipinski definition) is 4. The quantitative estimate of drug-likeness (QED) is 0.170. The van der Waals surface area contributed by atoms with Gasteiger partial charge in [-0.3, -0.25) is 4.79 Å². The van der Waals surface area contributed by atoms with E-state index in [1.807, 2.05) is 0 Å². The van der Waals surface area contributed by atoms with Crippen LogP contribution in [0.3, 0.4) is 0 Å². The minimum absolute atomic E-state index is 0. The molecule has 1 N–H and O–H groups in total. The van der Waals surface area contributed by atoms with Crippen LogP contribution in [-0.4, -0.2) is 41.6 Å². The Hall–Kier alpha value is -1.11. The van der Waals surface area contributed by atoms with E-state index in [-0.39, 0.29) is 15.6 Å². The van der Waals surface area contributed by atoms with E-state index in [9.17, 15) is 39.9 Å². The Morgan fingerprint density at radius 2 is 1.38 bits per heavy atom. The zero-order chi connectivity index (χ0) is 21.9. The van der Waals surface area contributed by atoms with Crippen molar-refractivity contribution in [2.45, 2.75) is 18.5 Å².